The predicted octanol–water partition coefficient (Wildman–Crippen LogP) is 0.784. The quantitative estimate of drug-likeness (QED) is 0.635. The molecule has 0 aromatic rings. The number of carbonyl (C=O) groups is 1. The van der Waals surface area contributed by atoms with Gasteiger partial charge in [-0.3, -0.25) is 10.2 Å². The van der Waals surface area contributed by atoms with Crippen LogP contribution in [-0.2, 0) is 4.74 Å². The molecule has 70 valence electrons. The normalized spacial score (nSPS) is 23.8. The van der Waals surface area contributed by atoms with E-state index in [9.17, 15) is 4.79 Å². The van der Waals surface area contributed by atoms with Crippen LogP contribution in [0.2, 0.25) is 0 Å². The van der Waals surface area contributed by atoms with Crippen molar-refractivity contribution in [2.75, 3.05) is 20.2 Å². The minimum atomic E-state index is -0.228. The zero-order valence-electron chi connectivity index (χ0n) is 7.67. The second-order valence-corrected chi connectivity index (χ2v) is 2.90. The van der Waals surface area contributed by atoms with Gasteiger partial charge in [0.15, 0.2) is 0 Å². The Bertz CT molecular complexity index is 161. The van der Waals surface area contributed by atoms with Crippen molar-refractivity contribution in [1.29, 1.82) is 0 Å². The first-order valence-corrected chi connectivity index (χ1v) is 4.37. The zero-order chi connectivity index (χ0) is 8.97. The Morgan fingerprint density at radius 1 is 1.75 bits per heavy atom. The molecule has 0 radical (unpaired) electrons. The number of nitrogens with zero attached hydrogens (tertiary/aromatic N) is 1. The average Bonchev–Trinajstić information content (AvgIpc) is 2.16. The van der Waals surface area contributed by atoms with E-state index in [4.69, 9.17) is 0 Å². The summed E-state index contributed by atoms with van der Waals surface area (Å²) in [4.78, 5) is 12.9. The van der Waals surface area contributed by atoms with Gasteiger partial charge in [-0.1, -0.05) is 6.92 Å². The number of carbonyl (C=O) groups excluding carboxylic acids is 1. The van der Waals surface area contributed by atoms with Crippen LogP contribution in [0.1, 0.15) is 19.8 Å². The molecule has 1 aliphatic heterocycles. The van der Waals surface area contributed by atoms with E-state index in [0.29, 0.717) is 0 Å². The molecule has 1 heterocycles. The number of nitrogens with one attached hydrogen (secondary N) is 1. The lowest BCUT2D eigenvalue weighted by Gasteiger charge is -2.34. The number of hydrogen-bond acceptors (Lipinski definition) is 3. The molecule has 1 saturated heterocycles. The van der Waals surface area contributed by atoms with Crippen LogP contribution in [-0.4, -0.2) is 37.4 Å². The van der Waals surface area contributed by atoms with Crippen LogP contribution in [0.25, 0.3) is 0 Å². The highest BCUT2D eigenvalue weighted by Gasteiger charge is 2.24. The lowest BCUT2D eigenvalue weighted by Crippen LogP contribution is -2.53. The van der Waals surface area contributed by atoms with Crippen LogP contribution >= 0.6 is 0 Å². The van der Waals surface area contributed by atoms with Gasteiger partial charge >= 0.3 is 6.09 Å². The summed E-state index contributed by atoms with van der Waals surface area (Å²) in [6.07, 6.45) is 1.86. The SMILES string of the molecule is CCC1NCCCN1C(=O)OC. The van der Waals surface area contributed by atoms with E-state index in [2.05, 4.69) is 17.0 Å². The molecule has 0 aromatic carbocycles. The molecule has 4 nitrogen and oxygen atoms in total. The predicted molar refractivity (Wildman–Crippen MR) is 45.8 cm³/mol. The van der Waals surface area contributed by atoms with Gasteiger partial charge in [0.1, 0.15) is 0 Å². The monoisotopic (exact) mass is 172 g/mol. The van der Waals surface area contributed by atoms with Gasteiger partial charge in [-0.05, 0) is 19.4 Å². The van der Waals surface area contributed by atoms with E-state index in [0.717, 1.165) is 25.9 Å². The van der Waals surface area contributed by atoms with Crippen LogP contribution in [0, 0.1) is 0 Å². The first-order chi connectivity index (χ1) is 5.79. The van der Waals surface area contributed by atoms with E-state index in [1.807, 2.05) is 0 Å². The van der Waals surface area contributed by atoms with Gasteiger partial charge in [-0.2, -0.15) is 0 Å². The van der Waals surface area contributed by atoms with E-state index in [-0.39, 0.29) is 12.3 Å². The van der Waals surface area contributed by atoms with E-state index >= 15 is 0 Å². The number of hydrogen-bond donors (Lipinski definition) is 1. The van der Waals surface area contributed by atoms with Crippen molar-refractivity contribution in [2.24, 2.45) is 0 Å². The first-order valence-electron chi connectivity index (χ1n) is 4.37. The Hall–Kier alpha value is -0.770. The van der Waals surface area contributed by atoms with Crippen LogP contribution in [0.15, 0.2) is 0 Å². The van der Waals surface area contributed by atoms with Crippen molar-refractivity contribution in [3.63, 3.8) is 0 Å². The van der Waals surface area contributed by atoms with Crippen LogP contribution in [0.4, 0.5) is 4.79 Å². The van der Waals surface area contributed by atoms with Gasteiger partial charge in [0.05, 0.1) is 13.3 Å². The minimum absolute atomic E-state index is 0.159. The van der Waals surface area contributed by atoms with Gasteiger partial charge in [-0.15, -0.1) is 0 Å². The molecule has 1 aliphatic rings. The van der Waals surface area contributed by atoms with Gasteiger partial charge in [0.25, 0.3) is 0 Å². The Morgan fingerprint density at radius 2 is 2.50 bits per heavy atom. The van der Waals surface area contributed by atoms with Gasteiger partial charge in [0.2, 0.25) is 0 Å². The maximum absolute atomic E-state index is 11.2. The third-order valence-corrected chi connectivity index (χ3v) is 2.13. The van der Waals surface area contributed by atoms with Crippen molar-refractivity contribution >= 4 is 6.09 Å². The van der Waals surface area contributed by atoms with Gasteiger partial charge in [-0.25, -0.2) is 4.79 Å². The number of rotatable bonds is 1. The third-order valence-electron chi connectivity index (χ3n) is 2.13. The fraction of sp³-hybridized carbons (Fsp3) is 0.875. The molecule has 12 heavy (non-hydrogen) atoms. The molecule has 1 rings (SSSR count). The van der Waals surface area contributed by atoms with Crippen molar-refractivity contribution < 1.29 is 9.53 Å². The van der Waals surface area contributed by atoms with E-state index in [1.165, 1.54) is 7.11 Å². The summed E-state index contributed by atoms with van der Waals surface area (Å²) in [7, 11) is 1.42. The number of methoxy groups -OCH3 is 1. The fourth-order valence-electron chi connectivity index (χ4n) is 1.48. The molecule has 1 N–H and O–H groups in total. The Balaban J connectivity index is 2.52. The standard InChI is InChI=1S/C8H16N2O2/c1-3-7-9-5-4-6-10(7)8(11)12-2/h7,9H,3-6H2,1-2H3. The molecule has 1 fully saturated rings. The molecule has 0 saturated carbocycles. The third kappa shape index (κ3) is 1.88. The highest BCUT2D eigenvalue weighted by Crippen LogP contribution is 2.08. The van der Waals surface area contributed by atoms with Crippen molar-refractivity contribution in [2.45, 2.75) is 25.9 Å². The Labute approximate surface area is 72.9 Å². The molecule has 1 unspecified atom stereocenters. The maximum Gasteiger partial charge on any atom is 0.410 e. The largest absolute Gasteiger partial charge is 0.453 e. The zero-order valence-corrected chi connectivity index (χ0v) is 7.67. The molecular weight excluding hydrogens is 156 g/mol. The molecule has 0 aromatic heterocycles. The molecular formula is C8H16N2O2. The van der Waals surface area contributed by atoms with Crippen LogP contribution in [0.5, 0.6) is 0 Å². The van der Waals surface area contributed by atoms with Gasteiger partial charge < -0.3 is 4.74 Å². The lowest BCUT2D eigenvalue weighted by molar-refractivity contribution is 0.0814. The summed E-state index contributed by atoms with van der Waals surface area (Å²) < 4.78 is 4.67. The van der Waals surface area contributed by atoms with E-state index < -0.39 is 0 Å². The summed E-state index contributed by atoms with van der Waals surface area (Å²) in [5, 5.41) is 3.26. The molecule has 0 spiro atoms. The van der Waals surface area contributed by atoms with Crippen LogP contribution in [0.3, 0.4) is 0 Å². The Morgan fingerprint density at radius 3 is 3.08 bits per heavy atom. The second kappa shape index (κ2) is 4.30. The smallest absolute Gasteiger partial charge is 0.410 e. The van der Waals surface area contributed by atoms with Crippen molar-refractivity contribution in [3.8, 4) is 0 Å². The molecule has 1 atom stereocenters. The Kier molecular flexibility index (Phi) is 3.34. The maximum atomic E-state index is 11.2. The molecule has 4 heteroatoms. The lowest BCUT2D eigenvalue weighted by atomic mass is 10.2. The summed E-state index contributed by atoms with van der Waals surface area (Å²) in [6, 6.07) is 0. The highest BCUT2D eigenvalue weighted by atomic mass is 16.5. The van der Waals surface area contributed by atoms with Gasteiger partial charge in [0, 0.05) is 6.54 Å². The van der Waals surface area contributed by atoms with Crippen molar-refractivity contribution in [3.05, 3.63) is 0 Å². The molecule has 1 amide bonds. The summed E-state index contributed by atoms with van der Waals surface area (Å²) in [5.41, 5.74) is 0. The summed E-state index contributed by atoms with van der Waals surface area (Å²) >= 11 is 0. The van der Waals surface area contributed by atoms with Crippen LogP contribution < -0.4 is 5.32 Å². The minimum Gasteiger partial charge on any atom is -0.453 e. The summed E-state index contributed by atoms with van der Waals surface area (Å²) in [5.74, 6) is 0. The van der Waals surface area contributed by atoms with Crippen molar-refractivity contribution in [1.82, 2.24) is 10.2 Å². The fourth-order valence-corrected chi connectivity index (χ4v) is 1.48. The summed E-state index contributed by atoms with van der Waals surface area (Å²) in [6.45, 7) is 3.85. The first kappa shape index (κ1) is 9.32. The molecule has 0 aliphatic carbocycles. The number of ether oxygens (including phenoxy) is 1. The second-order valence-electron chi connectivity index (χ2n) is 2.90. The number of amides is 1. The highest BCUT2D eigenvalue weighted by molar-refractivity contribution is 5.67. The topological polar surface area (TPSA) is 41.6 Å². The molecule has 0 bridgehead atoms. The van der Waals surface area contributed by atoms with E-state index in [1.54, 1.807) is 4.90 Å². The average molecular weight is 172 g/mol.